The van der Waals surface area contributed by atoms with Crippen molar-refractivity contribution in [1.29, 1.82) is 0 Å². The maximum absolute atomic E-state index is 11.7. The molecule has 82 valence electrons. The van der Waals surface area contributed by atoms with Crippen LogP contribution in [0.2, 0.25) is 0 Å². The molecule has 1 saturated heterocycles. The van der Waals surface area contributed by atoms with Crippen LogP contribution in [0.4, 0.5) is 0 Å². The van der Waals surface area contributed by atoms with Gasteiger partial charge >= 0.3 is 0 Å². The first kappa shape index (κ1) is 11.5. The van der Waals surface area contributed by atoms with Gasteiger partial charge in [0.1, 0.15) is 0 Å². The fraction of sp³-hybridized carbons (Fsp3) is 0.900. The Balaban J connectivity index is 2.46. The van der Waals surface area contributed by atoms with E-state index in [-0.39, 0.29) is 11.9 Å². The van der Waals surface area contributed by atoms with Gasteiger partial charge in [-0.1, -0.05) is 0 Å². The minimum Gasteiger partial charge on any atom is -0.380 e. The summed E-state index contributed by atoms with van der Waals surface area (Å²) in [5, 5.41) is 0. The monoisotopic (exact) mass is 200 g/mol. The number of ether oxygens (including phenoxy) is 1. The van der Waals surface area contributed by atoms with Crippen molar-refractivity contribution in [2.45, 2.75) is 38.8 Å². The van der Waals surface area contributed by atoms with Crippen LogP contribution in [0.1, 0.15) is 26.7 Å². The maximum atomic E-state index is 11.7. The third-order valence-corrected chi connectivity index (χ3v) is 2.56. The molecular formula is C10H20N2O2. The lowest BCUT2D eigenvalue weighted by Crippen LogP contribution is -2.46. The minimum atomic E-state index is -0.391. The standard InChI is InChI=1S/C10H20N2O2/c1-3-14-7-9-5-4-6-12(9)10(13)8(2)11/h8-9H,3-7,11H2,1-2H3/t8-,9+/m1/s1. The lowest BCUT2D eigenvalue weighted by Gasteiger charge is -2.25. The number of nitrogens with two attached hydrogens (primary N) is 1. The van der Waals surface area contributed by atoms with Crippen LogP contribution in [0, 0.1) is 0 Å². The van der Waals surface area contributed by atoms with Gasteiger partial charge < -0.3 is 15.4 Å². The summed E-state index contributed by atoms with van der Waals surface area (Å²) in [5.74, 6) is 0.0483. The maximum Gasteiger partial charge on any atom is 0.239 e. The summed E-state index contributed by atoms with van der Waals surface area (Å²) in [6, 6.07) is -0.148. The molecule has 1 rings (SSSR count). The average molecular weight is 200 g/mol. The van der Waals surface area contributed by atoms with E-state index in [0.29, 0.717) is 13.2 Å². The highest BCUT2D eigenvalue weighted by atomic mass is 16.5. The van der Waals surface area contributed by atoms with E-state index in [2.05, 4.69) is 0 Å². The normalized spacial score (nSPS) is 23.9. The van der Waals surface area contributed by atoms with Gasteiger partial charge in [0, 0.05) is 13.2 Å². The highest BCUT2D eigenvalue weighted by Crippen LogP contribution is 2.18. The highest BCUT2D eigenvalue weighted by molar-refractivity contribution is 5.81. The molecule has 0 bridgehead atoms. The van der Waals surface area contributed by atoms with Crippen LogP contribution in [-0.4, -0.2) is 42.6 Å². The fourth-order valence-electron chi connectivity index (χ4n) is 1.81. The van der Waals surface area contributed by atoms with Crippen LogP contribution >= 0.6 is 0 Å². The van der Waals surface area contributed by atoms with Gasteiger partial charge in [0.15, 0.2) is 0 Å². The first-order chi connectivity index (χ1) is 6.66. The van der Waals surface area contributed by atoms with E-state index in [9.17, 15) is 4.79 Å². The molecule has 0 aromatic carbocycles. The number of likely N-dealkylation sites (tertiary alicyclic amines) is 1. The summed E-state index contributed by atoms with van der Waals surface area (Å²) in [6.45, 7) is 5.88. The molecule has 1 amide bonds. The van der Waals surface area contributed by atoms with E-state index in [4.69, 9.17) is 10.5 Å². The zero-order valence-corrected chi connectivity index (χ0v) is 9.03. The van der Waals surface area contributed by atoms with E-state index in [1.807, 2.05) is 11.8 Å². The van der Waals surface area contributed by atoms with Crippen LogP contribution in [0.5, 0.6) is 0 Å². The molecule has 2 atom stereocenters. The van der Waals surface area contributed by atoms with E-state index in [0.717, 1.165) is 19.4 Å². The summed E-state index contributed by atoms with van der Waals surface area (Å²) >= 11 is 0. The minimum absolute atomic E-state index is 0.0483. The molecule has 4 nitrogen and oxygen atoms in total. The molecule has 0 unspecified atom stereocenters. The SMILES string of the molecule is CCOC[C@@H]1CCCN1C(=O)[C@@H](C)N. The summed E-state index contributed by atoms with van der Waals surface area (Å²) < 4.78 is 5.34. The smallest absolute Gasteiger partial charge is 0.239 e. The van der Waals surface area contributed by atoms with Crippen molar-refractivity contribution < 1.29 is 9.53 Å². The Morgan fingerprint density at radius 1 is 1.71 bits per heavy atom. The van der Waals surface area contributed by atoms with E-state index in [1.54, 1.807) is 6.92 Å². The summed E-state index contributed by atoms with van der Waals surface area (Å²) in [6.07, 6.45) is 2.11. The van der Waals surface area contributed by atoms with Crippen molar-refractivity contribution in [2.24, 2.45) is 5.73 Å². The molecule has 14 heavy (non-hydrogen) atoms. The molecular weight excluding hydrogens is 180 g/mol. The average Bonchev–Trinajstić information content (AvgIpc) is 2.61. The van der Waals surface area contributed by atoms with Crippen LogP contribution in [0.15, 0.2) is 0 Å². The predicted molar refractivity (Wildman–Crippen MR) is 54.9 cm³/mol. The number of hydrogen-bond donors (Lipinski definition) is 1. The zero-order chi connectivity index (χ0) is 10.6. The Morgan fingerprint density at radius 3 is 3.00 bits per heavy atom. The summed E-state index contributed by atoms with van der Waals surface area (Å²) in [5.41, 5.74) is 5.57. The van der Waals surface area contributed by atoms with Crippen molar-refractivity contribution in [1.82, 2.24) is 4.90 Å². The van der Waals surface area contributed by atoms with Crippen LogP contribution in [0.25, 0.3) is 0 Å². The number of nitrogens with zero attached hydrogens (tertiary/aromatic N) is 1. The third-order valence-electron chi connectivity index (χ3n) is 2.56. The zero-order valence-electron chi connectivity index (χ0n) is 9.03. The van der Waals surface area contributed by atoms with Crippen LogP contribution < -0.4 is 5.73 Å². The van der Waals surface area contributed by atoms with Gasteiger partial charge in [0.05, 0.1) is 18.7 Å². The second kappa shape index (κ2) is 5.32. The number of rotatable bonds is 4. The van der Waals surface area contributed by atoms with Crippen molar-refractivity contribution in [3.8, 4) is 0 Å². The molecule has 0 aromatic rings. The Kier molecular flexibility index (Phi) is 4.35. The molecule has 0 spiro atoms. The van der Waals surface area contributed by atoms with Gasteiger partial charge in [-0.15, -0.1) is 0 Å². The molecule has 2 N–H and O–H groups in total. The first-order valence-corrected chi connectivity index (χ1v) is 5.30. The van der Waals surface area contributed by atoms with Gasteiger partial charge in [-0.05, 0) is 26.7 Å². The fourth-order valence-corrected chi connectivity index (χ4v) is 1.81. The van der Waals surface area contributed by atoms with Crippen LogP contribution in [-0.2, 0) is 9.53 Å². The van der Waals surface area contributed by atoms with Gasteiger partial charge in [0.2, 0.25) is 5.91 Å². The molecule has 1 fully saturated rings. The predicted octanol–water partition coefficient (Wildman–Crippen LogP) is 0.361. The Labute approximate surface area is 85.4 Å². The Hall–Kier alpha value is -0.610. The molecule has 1 aliphatic rings. The van der Waals surface area contributed by atoms with Gasteiger partial charge in [-0.3, -0.25) is 4.79 Å². The third kappa shape index (κ3) is 2.69. The summed E-state index contributed by atoms with van der Waals surface area (Å²) in [4.78, 5) is 13.5. The Morgan fingerprint density at radius 2 is 2.43 bits per heavy atom. The summed E-state index contributed by atoms with van der Waals surface area (Å²) in [7, 11) is 0. The molecule has 1 heterocycles. The lowest BCUT2D eigenvalue weighted by atomic mass is 10.2. The number of carbonyl (C=O) groups is 1. The molecule has 0 radical (unpaired) electrons. The second-order valence-electron chi connectivity index (χ2n) is 3.78. The van der Waals surface area contributed by atoms with Gasteiger partial charge in [-0.25, -0.2) is 0 Å². The molecule has 0 aromatic heterocycles. The topological polar surface area (TPSA) is 55.6 Å². The number of carbonyl (C=O) groups excluding carboxylic acids is 1. The number of hydrogen-bond acceptors (Lipinski definition) is 3. The molecule has 1 aliphatic heterocycles. The van der Waals surface area contributed by atoms with Crippen molar-refractivity contribution in [3.05, 3.63) is 0 Å². The van der Waals surface area contributed by atoms with Crippen molar-refractivity contribution >= 4 is 5.91 Å². The van der Waals surface area contributed by atoms with Gasteiger partial charge in [-0.2, -0.15) is 0 Å². The molecule has 0 aliphatic carbocycles. The van der Waals surface area contributed by atoms with E-state index < -0.39 is 6.04 Å². The van der Waals surface area contributed by atoms with E-state index in [1.165, 1.54) is 0 Å². The van der Waals surface area contributed by atoms with Crippen molar-refractivity contribution in [3.63, 3.8) is 0 Å². The molecule has 0 saturated carbocycles. The van der Waals surface area contributed by atoms with Gasteiger partial charge in [0.25, 0.3) is 0 Å². The molecule has 4 heteroatoms. The van der Waals surface area contributed by atoms with Crippen LogP contribution in [0.3, 0.4) is 0 Å². The second-order valence-corrected chi connectivity index (χ2v) is 3.78. The lowest BCUT2D eigenvalue weighted by molar-refractivity contribution is -0.134. The quantitative estimate of drug-likeness (QED) is 0.713. The highest BCUT2D eigenvalue weighted by Gasteiger charge is 2.29. The first-order valence-electron chi connectivity index (χ1n) is 5.30. The largest absolute Gasteiger partial charge is 0.380 e. The van der Waals surface area contributed by atoms with E-state index >= 15 is 0 Å². The number of amides is 1. The Bertz CT molecular complexity index is 195. The van der Waals surface area contributed by atoms with Crippen molar-refractivity contribution in [2.75, 3.05) is 19.8 Å².